The van der Waals surface area contributed by atoms with Gasteiger partial charge in [0.25, 0.3) is 0 Å². The van der Waals surface area contributed by atoms with Gasteiger partial charge in [-0.2, -0.15) is 0 Å². The van der Waals surface area contributed by atoms with Crippen LogP contribution >= 0.6 is 0 Å². The molecule has 1 heterocycles. The molecule has 0 spiro atoms. The van der Waals surface area contributed by atoms with Crippen LogP contribution < -0.4 is 4.74 Å². The van der Waals surface area contributed by atoms with Crippen LogP contribution in [0.3, 0.4) is 0 Å². The zero-order chi connectivity index (χ0) is 15.9. The van der Waals surface area contributed by atoms with Gasteiger partial charge in [-0.15, -0.1) is 0 Å². The van der Waals surface area contributed by atoms with Crippen molar-refractivity contribution in [2.75, 3.05) is 0 Å². The monoisotopic (exact) mass is 304 g/mol. The molecule has 0 aliphatic heterocycles. The van der Waals surface area contributed by atoms with E-state index in [1.807, 2.05) is 30.3 Å². The van der Waals surface area contributed by atoms with Gasteiger partial charge >= 0.3 is 0 Å². The molecule has 116 valence electrons. The largest absolute Gasteiger partial charge is 0.471 e. The van der Waals surface area contributed by atoms with Crippen molar-refractivity contribution in [1.82, 2.24) is 9.97 Å². The lowest BCUT2D eigenvalue weighted by Crippen LogP contribution is -2.03. The molecule has 0 N–H and O–H groups in total. The normalized spacial score (nSPS) is 10.5. The Bertz CT molecular complexity index is 739. The van der Waals surface area contributed by atoms with Crippen LogP contribution in [-0.2, 0) is 19.4 Å². The molecule has 0 atom stereocenters. The van der Waals surface area contributed by atoms with Gasteiger partial charge in [0.05, 0.1) is 0 Å². The first-order valence-electron chi connectivity index (χ1n) is 7.89. The summed E-state index contributed by atoms with van der Waals surface area (Å²) in [6.07, 6.45) is 5.16. The molecule has 3 aromatic rings. The maximum absolute atomic E-state index is 5.87. The van der Waals surface area contributed by atoms with E-state index in [-0.39, 0.29) is 0 Å². The summed E-state index contributed by atoms with van der Waals surface area (Å²) >= 11 is 0. The molecule has 3 heteroatoms. The molecule has 0 fully saturated rings. The van der Waals surface area contributed by atoms with E-state index in [9.17, 15) is 0 Å². The van der Waals surface area contributed by atoms with Crippen LogP contribution in [0.15, 0.2) is 67.0 Å². The molecule has 0 saturated carbocycles. The number of hydrogen-bond donors (Lipinski definition) is 0. The maximum Gasteiger partial charge on any atom is 0.236 e. The summed E-state index contributed by atoms with van der Waals surface area (Å²) in [5.74, 6) is 0.607. The number of hydrogen-bond acceptors (Lipinski definition) is 3. The minimum Gasteiger partial charge on any atom is -0.471 e. The first-order chi connectivity index (χ1) is 11.3. The van der Waals surface area contributed by atoms with E-state index in [2.05, 4.69) is 41.2 Å². The van der Waals surface area contributed by atoms with Gasteiger partial charge in [-0.25, -0.2) is 4.98 Å². The van der Waals surface area contributed by atoms with Gasteiger partial charge in [-0.3, -0.25) is 4.98 Å². The predicted octanol–water partition coefficient (Wildman–Crippen LogP) is 4.21. The van der Waals surface area contributed by atoms with Gasteiger partial charge in [0, 0.05) is 18.8 Å². The third kappa shape index (κ3) is 4.16. The summed E-state index contributed by atoms with van der Waals surface area (Å²) in [6.45, 7) is 2.66. The average Bonchev–Trinajstić information content (AvgIpc) is 2.62. The molecule has 2 aromatic carbocycles. The zero-order valence-electron chi connectivity index (χ0n) is 13.3. The van der Waals surface area contributed by atoms with E-state index in [1.165, 1.54) is 11.1 Å². The van der Waals surface area contributed by atoms with Crippen LogP contribution in [0.4, 0.5) is 0 Å². The average molecular weight is 304 g/mol. The number of benzene rings is 2. The standard InChI is InChI=1S/C20H20N2O/c1-2-16-8-10-17(11-9-16)14-19-20(22-13-12-21-19)23-15-18-6-4-3-5-7-18/h3-13H,2,14-15H2,1H3. The van der Waals surface area contributed by atoms with Crippen molar-refractivity contribution in [3.63, 3.8) is 0 Å². The fourth-order valence-electron chi connectivity index (χ4n) is 2.41. The van der Waals surface area contributed by atoms with E-state index in [0.717, 1.165) is 24.1 Å². The molecule has 1 aromatic heterocycles. The summed E-state index contributed by atoms with van der Waals surface area (Å²) in [6, 6.07) is 18.7. The second-order valence-electron chi connectivity index (χ2n) is 5.43. The predicted molar refractivity (Wildman–Crippen MR) is 91.4 cm³/mol. The van der Waals surface area contributed by atoms with Gasteiger partial charge in [0.2, 0.25) is 5.88 Å². The van der Waals surface area contributed by atoms with E-state index >= 15 is 0 Å². The van der Waals surface area contributed by atoms with Crippen LogP contribution in [0.5, 0.6) is 5.88 Å². The van der Waals surface area contributed by atoms with Gasteiger partial charge < -0.3 is 4.74 Å². The quantitative estimate of drug-likeness (QED) is 0.684. The zero-order valence-corrected chi connectivity index (χ0v) is 13.3. The van der Waals surface area contributed by atoms with Crippen molar-refractivity contribution in [2.24, 2.45) is 0 Å². The van der Waals surface area contributed by atoms with Crippen LogP contribution in [-0.4, -0.2) is 9.97 Å². The number of ether oxygens (including phenoxy) is 1. The van der Waals surface area contributed by atoms with Gasteiger partial charge in [0.15, 0.2) is 0 Å². The second-order valence-corrected chi connectivity index (χ2v) is 5.43. The molecule has 0 amide bonds. The minimum atomic E-state index is 0.501. The first-order valence-corrected chi connectivity index (χ1v) is 7.89. The Morgan fingerprint density at radius 3 is 2.22 bits per heavy atom. The van der Waals surface area contributed by atoms with E-state index in [0.29, 0.717) is 12.5 Å². The van der Waals surface area contributed by atoms with Crippen LogP contribution in [0.2, 0.25) is 0 Å². The molecule has 0 aliphatic rings. The Kier molecular flexibility index (Phi) is 4.99. The van der Waals surface area contributed by atoms with Gasteiger partial charge in [0.1, 0.15) is 12.3 Å². The summed E-state index contributed by atoms with van der Waals surface area (Å²) in [5.41, 5.74) is 4.55. The lowest BCUT2D eigenvalue weighted by atomic mass is 10.1. The van der Waals surface area contributed by atoms with Crippen LogP contribution in [0, 0.1) is 0 Å². The lowest BCUT2D eigenvalue weighted by molar-refractivity contribution is 0.289. The highest BCUT2D eigenvalue weighted by Gasteiger charge is 2.08. The van der Waals surface area contributed by atoms with E-state index < -0.39 is 0 Å². The van der Waals surface area contributed by atoms with Crippen molar-refractivity contribution in [2.45, 2.75) is 26.4 Å². The first kappa shape index (κ1) is 15.2. The number of aromatic nitrogens is 2. The summed E-state index contributed by atoms with van der Waals surface area (Å²) in [5, 5.41) is 0. The van der Waals surface area contributed by atoms with Crippen molar-refractivity contribution in [1.29, 1.82) is 0 Å². The molecular weight excluding hydrogens is 284 g/mol. The van der Waals surface area contributed by atoms with Crippen molar-refractivity contribution in [3.8, 4) is 5.88 Å². The molecular formula is C20H20N2O. The molecule has 23 heavy (non-hydrogen) atoms. The minimum absolute atomic E-state index is 0.501. The lowest BCUT2D eigenvalue weighted by Gasteiger charge is -2.10. The Morgan fingerprint density at radius 2 is 1.48 bits per heavy atom. The number of aryl methyl sites for hydroxylation is 1. The SMILES string of the molecule is CCc1ccc(Cc2nccnc2OCc2ccccc2)cc1. The van der Waals surface area contributed by atoms with E-state index in [4.69, 9.17) is 4.74 Å². The Hall–Kier alpha value is -2.68. The fourth-order valence-corrected chi connectivity index (χ4v) is 2.41. The highest BCUT2D eigenvalue weighted by Crippen LogP contribution is 2.18. The Labute approximate surface area is 137 Å². The summed E-state index contributed by atoms with van der Waals surface area (Å²) < 4.78 is 5.87. The summed E-state index contributed by atoms with van der Waals surface area (Å²) in [4.78, 5) is 8.78. The van der Waals surface area contributed by atoms with Gasteiger partial charge in [-0.1, -0.05) is 61.5 Å². The highest BCUT2D eigenvalue weighted by atomic mass is 16.5. The Morgan fingerprint density at radius 1 is 0.783 bits per heavy atom. The van der Waals surface area contributed by atoms with Crippen molar-refractivity contribution in [3.05, 3.63) is 89.4 Å². The third-order valence-corrected chi connectivity index (χ3v) is 3.76. The topological polar surface area (TPSA) is 35.0 Å². The van der Waals surface area contributed by atoms with Crippen molar-refractivity contribution >= 4 is 0 Å². The summed E-state index contributed by atoms with van der Waals surface area (Å²) in [7, 11) is 0. The van der Waals surface area contributed by atoms with Crippen LogP contribution in [0.25, 0.3) is 0 Å². The molecule has 0 saturated heterocycles. The smallest absolute Gasteiger partial charge is 0.236 e. The fraction of sp³-hybridized carbons (Fsp3) is 0.200. The van der Waals surface area contributed by atoms with Crippen LogP contribution in [0.1, 0.15) is 29.3 Å². The number of rotatable bonds is 6. The Balaban J connectivity index is 1.72. The maximum atomic E-state index is 5.87. The van der Waals surface area contributed by atoms with Crippen molar-refractivity contribution < 1.29 is 4.74 Å². The highest BCUT2D eigenvalue weighted by molar-refractivity contribution is 5.29. The molecule has 0 bridgehead atoms. The third-order valence-electron chi connectivity index (χ3n) is 3.76. The molecule has 3 nitrogen and oxygen atoms in total. The molecule has 0 aliphatic carbocycles. The molecule has 3 rings (SSSR count). The second kappa shape index (κ2) is 7.54. The van der Waals surface area contributed by atoms with E-state index in [1.54, 1.807) is 12.4 Å². The van der Waals surface area contributed by atoms with Gasteiger partial charge in [-0.05, 0) is 23.1 Å². The molecule has 0 unspecified atom stereocenters. The number of nitrogens with zero attached hydrogens (tertiary/aromatic N) is 2. The molecule has 0 radical (unpaired) electrons.